The SMILES string of the molecule is CC(C)c1cccc(C(C)C)c1-n1c(-c2[c-]c([N@+]34[CH-][N@+](c5c(O)ccc6c5oc5ccccc56)(C3)c3ccccc34)ccc2)nc2ccccc21.[Pt+2]. The molecule has 0 aliphatic carbocycles. The molecule has 0 spiro atoms. The smallest absolute Gasteiger partial charge is 0.503 e. The predicted octanol–water partition coefficient (Wildman–Crippen LogP) is 11.7. The number of phenolic OH excluding ortho intramolecular Hbond substituents is 1. The third-order valence-electron chi connectivity index (χ3n) is 11.1. The van der Waals surface area contributed by atoms with E-state index < -0.39 is 0 Å². The van der Waals surface area contributed by atoms with Crippen molar-refractivity contribution in [3.05, 3.63) is 145 Å². The maximum absolute atomic E-state index is 11.6. The van der Waals surface area contributed by atoms with E-state index in [0.29, 0.717) is 27.5 Å². The summed E-state index contributed by atoms with van der Waals surface area (Å²) >= 11 is 0. The number of fused-ring (bicyclic) bond motifs is 4. The minimum atomic E-state index is 0. The van der Waals surface area contributed by atoms with E-state index in [1.165, 1.54) is 22.5 Å². The van der Waals surface area contributed by atoms with E-state index >= 15 is 0 Å². The summed E-state index contributed by atoms with van der Waals surface area (Å²) in [6.45, 7) is 12.0. The molecule has 52 heavy (non-hydrogen) atoms. The van der Waals surface area contributed by atoms with Gasteiger partial charge in [0.15, 0.2) is 29.4 Å². The van der Waals surface area contributed by atoms with Crippen molar-refractivity contribution in [2.75, 3.05) is 6.67 Å². The molecule has 1 fully saturated rings. The van der Waals surface area contributed by atoms with E-state index in [1.54, 1.807) is 0 Å². The van der Waals surface area contributed by atoms with E-state index in [-0.39, 0.29) is 26.8 Å². The molecule has 0 radical (unpaired) electrons. The second-order valence-corrected chi connectivity index (χ2v) is 14.7. The molecule has 2 bridgehead atoms. The number of phenols is 1. The molecule has 3 aliphatic heterocycles. The van der Waals surface area contributed by atoms with Crippen molar-refractivity contribution >= 4 is 55.7 Å². The number of benzene rings is 6. The van der Waals surface area contributed by atoms with Gasteiger partial charge < -0.3 is 18.6 Å². The molecule has 11 rings (SSSR count). The van der Waals surface area contributed by atoms with Gasteiger partial charge in [0, 0.05) is 34.3 Å². The second kappa shape index (κ2) is 11.8. The molecule has 3 aliphatic rings. The molecule has 1 N–H and O–H groups in total. The maximum Gasteiger partial charge on any atom is 2.00 e. The van der Waals surface area contributed by atoms with Crippen LogP contribution in [-0.2, 0) is 21.1 Å². The molecule has 1 saturated heterocycles. The van der Waals surface area contributed by atoms with Crippen LogP contribution in [0.5, 0.6) is 5.75 Å². The summed E-state index contributed by atoms with van der Waals surface area (Å²) in [5.74, 6) is 1.77. The summed E-state index contributed by atoms with van der Waals surface area (Å²) in [5.41, 5.74) is 12.4. The Balaban J connectivity index is 0.00000360. The van der Waals surface area contributed by atoms with E-state index in [4.69, 9.17) is 9.40 Å². The van der Waals surface area contributed by atoms with Crippen LogP contribution in [0.3, 0.4) is 0 Å². The number of rotatable bonds is 6. The van der Waals surface area contributed by atoms with Crippen molar-refractivity contribution in [1.29, 1.82) is 0 Å². The van der Waals surface area contributed by atoms with E-state index in [0.717, 1.165) is 61.4 Å². The van der Waals surface area contributed by atoms with Crippen LogP contribution in [0.2, 0.25) is 0 Å². The number of hydrogen-bond donors (Lipinski definition) is 1. The minimum absolute atomic E-state index is 0. The van der Waals surface area contributed by atoms with E-state index in [2.05, 4.69) is 136 Å². The minimum Gasteiger partial charge on any atom is -0.503 e. The monoisotopic (exact) mass is 861 g/mol. The number of nitrogens with zero attached hydrogens (tertiary/aromatic N) is 4. The predicted molar refractivity (Wildman–Crippen MR) is 207 cm³/mol. The molecule has 258 valence electrons. The van der Waals surface area contributed by atoms with Crippen molar-refractivity contribution in [3.8, 4) is 22.8 Å². The van der Waals surface area contributed by atoms with Crippen molar-refractivity contribution in [2.24, 2.45) is 0 Å². The molecule has 6 nitrogen and oxygen atoms in total. The number of imidazole rings is 1. The van der Waals surface area contributed by atoms with E-state index in [1.807, 2.05) is 30.3 Å². The number of hydrogen-bond acceptors (Lipinski definition) is 3. The van der Waals surface area contributed by atoms with Crippen LogP contribution in [0, 0.1) is 12.7 Å². The van der Waals surface area contributed by atoms with Gasteiger partial charge in [-0.05, 0) is 53.3 Å². The summed E-state index contributed by atoms with van der Waals surface area (Å²) in [5, 5.41) is 13.6. The third-order valence-corrected chi connectivity index (χ3v) is 11.1. The summed E-state index contributed by atoms with van der Waals surface area (Å²) < 4.78 is 9.77. The van der Waals surface area contributed by atoms with Gasteiger partial charge in [-0.15, -0.1) is 17.7 Å². The number of furan rings is 1. The third kappa shape index (κ3) is 4.38. The first-order chi connectivity index (χ1) is 24.8. The van der Waals surface area contributed by atoms with Crippen LogP contribution in [0.1, 0.15) is 50.7 Å². The average Bonchev–Trinajstić information content (AvgIpc) is 3.86. The molecule has 2 atom stereocenters. The Kier molecular flexibility index (Phi) is 7.43. The van der Waals surface area contributed by atoms with Gasteiger partial charge in [-0.2, -0.15) is 0 Å². The Morgan fingerprint density at radius 3 is 2.13 bits per heavy atom. The Morgan fingerprint density at radius 1 is 0.731 bits per heavy atom. The van der Waals surface area contributed by atoms with Crippen molar-refractivity contribution in [2.45, 2.75) is 39.5 Å². The fourth-order valence-corrected chi connectivity index (χ4v) is 8.77. The molecule has 7 heteroatoms. The van der Waals surface area contributed by atoms with Crippen LogP contribution >= 0.6 is 0 Å². The fraction of sp³-hybridized carbons (Fsp3) is 0.156. The Labute approximate surface area is 317 Å². The normalized spacial score (nSPS) is 19.0. The zero-order valence-electron chi connectivity index (χ0n) is 29.4. The fourth-order valence-electron chi connectivity index (χ4n) is 8.77. The van der Waals surface area contributed by atoms with Gasteiger partial charge in [-0.1, -0.05) is 100 Å². The summed E-state index contributed by atoms with van der Waals surface area (Å²) in [4.78, 5) is 5.30. The summed E-state index contributed by atoms with van der Waals surface area (Å²) in [7, 11) is 0. The van der Waals surface area contributed by atoms with Gasteiger partial charge in [0.2, 0.25) is 5.69 Å². The maximum atomic E-state index is 11.6. The Morgan fingerprint density at radius 2 is 1.38 bits per heavy atom. The number of aromatic nitrogens is 2. The first kappa shape index (κ1) is 32.9. The molecule has 0 unspecified atom stereocenters. The largest absolute Gasteiger partial charge is 2.00 e. The zero-order chi connectivity index (χ0) is 34.6. The van der Waals surface area contributed by atoms with Gasteiger partial charge >= 0.3 is 21.1 Å². The van der Waals surface area contributed by atoms with Gasteiger partial charge in [0.1, 0.15) is 5.58 Å². The quantitative estimate of drug-likeness (QED) is 0.134. The van der Waals surface area contributed by atoms with Crippen molar-refractivity contribution < 1.29 is 30.6 Å². The van der Waals surface area contributed by atoms with E-state index in [9.17, 15) is 5.11 Å². The van der Waals surface area contributed by atoms with Gasteiger partial charge in [0.25, 0.3) is 0 Å². The van der Waals surface area contributed by atoms with Gasteiger partial charge in [0.05, 0.1) is 23.5 Å². The summed E-state index contributed by atoms with van der Waals surface area (Å²) in [6.07, 6.45) is 0. The van der Waals surface area contributed by atoms with Crippen LogP contribution in [0.25, 0.3) is 50.0 Å². The van der Waals surface area contributed by atoms with Crippen molar-refractivity contribution in [3.63, 3.8) is 0 Å². The molecule has 0 amide bonds. The van der Waals surface area contributed by atoms with Crippen LogP contribution in [-0.4, -0.2) is 21.3 Å². The zero-order valence-corrected chi connectivity index (χ0v) is 31.7. The molecule has 8 aromatic rings. The number of quaternary nitrogens is 2. The molecule has 2 aromatic heterocycles. The van der Waals surface area contributed by atoms with Crippen molar-refractivity contribution in [1.82, 2.24) is 18.5 Å². The van der Waals surface area contributed by atoms with Gasteiger partial charge in [-0.3, -0.25) is 9.47 Å². The molecule has 0 saturated carbocycles. The van der Waals surface area contributed by atoms with Crippen LogP contribution < -0.4 is 8.97 Å². The first-order valence-corrected chi connectivity index (χ1v) is 17.8. The Bertz CT molecular complexity index is 2670. The summed E-state index contributed by atoms with van der Waals surface area (Å²) in [6, 6.07) is 45.9. The van der Waals surface area contributed by atoms with Crippen LogP contribution in [0.15, 0.2) is 126 Å². The number of aromatic hydroxyl groups is 1. The first-order valence-electron chi connectivity index (χ1n) is 17.8. The standard InChI is InChI=1S/C45H38N4O2.Pt/c1-28(2)32-16-12-17-33(29(3)4)42(32)47-37-19-7-6-18-36(37)46-45(47)30-13-11-14-31(25-30)48-26-49(27-48,39-21-9-8-20-38(39)48)43-40(50)24-23-35-34-15-5-10-22-41(34)51-44(35)43;/h5-24,26,28-29,50H,27H2,1-4H3;/q;+2/t48-,49-;/m0./s1. The van der Waals surface area contributed by atoms with Gasteiger partial charge in [-0.25, -0.2) is 0 Å². The number of para-hydroxylation sites is 6. The second-order valence-electron chi connectivity index (χ2n) is 14.7. The van der Waals surface area contributed by atoms with Crippen LogP contribution in [0.4, 0.5) is 22.7 Å². The Hall–Kier alpha value is -5.00. The molecular weight excluding hydrogens is 824 g/mol. The molecule has 6 aromatic carbocycles. The topological polar surface area (TPSA) is 51.2 Å². The average molecular weight is 862 g/mol. The molecular formula is C45H38N4O2Pt+2. The molecule has 5 heterocycles.